The largest absolute Gasteiger partial charge is 0.458 e. The number of nitrogens with one attached hydrogen (secondary N) is 1. The molecule has 2 heterocycles. The van der Waals surface area contributed by atoms with Crippen molar-refractivity contribution in [3.8, 4) is 0 Å². The zero-order chi connectivity index (χ0) is 17.9. The first kappa shape index (κ1) is 17.1. The molecule has 0 unspecified atom stereocenters. The summed E-state index contributed by atoms with van der Waals surface area (Å²) in [6.45, 7) is 2.85. The molecule has 0 aliphatic carbocycles. The second-order valence-corrected chi connectivity index (χ2v) is 7.24. The highest BCUT2D eigenvalue weighted by atomic mass is 35.5. The van der Waals surface area contributed by atoms with Crippen LogP contribution in [0.25, 0.3) is 10.8 Å². The van der Waals surface area contributed by atoms with E-state index in [1.807, 2.05) is 36.4 Å². The van der Waals surface area contributed by atoms with E-state index in [-0.39, 0.29) is 11.9 Å². The number of carbonyl (C=O) groups is 1. The van der Waals surface area contributed by atoms with Crippen LogP contribution in [0, 0.1) is 0 Å². The molecule has 0 radical (unpaired) electrons. The Morgan fingerprint density at radius 3 is 2.62 bits per heavy atom. The summed E-state index contributed by atoms with van der Waals surface area (Å²) in [6, 6.07) is 15.9. The summed E-state index contributed by atoms with van der Waals surface area (Å²) in [7, 11) is 0. The van der Waals surface area contributed by atoms with Crippen molar-refractivity contribution >= 4 is 28.3 Å². The molecule has 4 nitrogen and oxygen atoms in total. The Morgan fingerprint density at radius 1 is 1.12 bits per heavy atom. The molecular formula is C21H21ClN2O2. The average Bonchev–Trinajstić information content (AvgIpc) is 3.09. The number of amides is 1. The van der Waals surface area contributed by atoms with Crippen molar-refractivity contribution < 1.29 is 9.21 Å². The minimum absolute atomic E-state index is 0.123. The van der Waals surface area contributed by atoms with Crippen molar-refractivity contribution in [2.75, 3.05) is 13.1 Å². The number of furan rings is 1. The summed E-state index contributed by atoms with van der Waals surface area (Å²) in [6.07, 6.45) is 3.52. The van der Waals surface area contributed by atoms with E-state index >= 15 is 0 Å². The van der Waals surface area contributed by atoms with E-state index in [2.05, 4.69) is 22.3 Å². The lowest BCUT2D eigenvalue weighted by Gasteiger charge is -2.32. The zero-order valence-corrected chi connectivity index (χ0v) is 15.2. The summed E-state index contributed by atoms with van der Waals surface area (Å²) in [5.41, 5.74) is 1.26. The Morgan fingerprint density at radius 2 is 1.85 bits per heavy atom. The lowest BCUT2D eigenvalue weighted by Crippen LogP contribution is -2.44. The fourth-order valence-electron chi connectivity index (χ4n) is 3.50. The van der Waals surface area contributed by atoms with Gasteiger partial charge in [0.05, 0.1) is 6.26 Å². The van der Waals surface area contributed by atoms with Gasteiger partial charge in [-0.25, -0.2) is 0 Å². The summed E-state index contributed by atoms with van der Waals surface area (Å²) >= 11 is 5.94. The van der Waals surface area contributed by atoms with E-state index in [4.69, 9.17) is 16.0 Å². The fourth-order valence-corrected chi connectivity index (χ4v) is 3.63. The molecule has 1 aromatic heterocycles. The smallest absolute Gasteiger partial charge is 0.287 e. The second kappa shape index (κ2) is 7.52. The molecule has 0 atom stereocenters. The van der Waals surface area contributed by atoms with Crippen molar-refractivity contribution in [1.82, 2.24) is 10.2 Å². The normalized spacial score (nSPS) is 16.0. The molecule has 1 fully saturated rings. The third-order valence-corrected chi connectivity index (χ3v) is 5.21. The topological polar surface area (TPSA) is 45.5 Å². The lowest BCUT2D eigenvalue weighted by molar-refractivity contribution is 0.0883. The van der Waals surface area contributed by atoms with E-state index < -0.39 is 0 Å². The van der Waals surface area contributed by atoms with Gasteiger partial charge in [0.2, 0.25) is 0 Å². The minimum atomic E-state index is -0.123. The van der Waals surface area contributed by atoms with Gasteiger partial charge in [-0.1, -0.05) is 48.0 Å². The van der Waals surface area contributed by atoms with Crippen LogP contribution in [0.15, 0.2) is 59.2 Å². The molecule has 2 aromatic carbocycles. The van der Waals surface area contributed by atoms with E-state index in [0.29, 0.717) is 5.76 Å². The molecule has 0 bridgehead atoms. The molecule has 3 aromatic rings. The molecule has 1 aliphatic heterocycles. The Kier molecular flexibility index (Phi) is 4.96. The molecule has 1 amide bonds. The Labute approximate surface area is 157 Å². The van der Waals surface area contributed by atoms with Gasteiger partial charge in [-0.3, -0.25) is 9.69 Å². The molecule has 134 valence electrons. The first-order valence-electron chi connectivity index (χ1n) is 8.93. The molecule has 26 heavy (non-hydrogen) atoms. The molecule has 0 saturated carbocycles. The predicted octanol–water partition coefficient (Wildman–Crippen LogP) is 4.48. The Hall–Kier alpha value is -2.30. The van der Waals surface area contributed by atoms with E-state index in [0.717, 1.165) is 48.3 Å². The highest BCUT2D eigenvalue weighted by molar-refractivity contribution is 6.30. The van der Waals surface area contributed by atoms with Crippen LogP contribution in [0.2, 0.25) is 5.02 Å². The lowest BCUT2D eigenvalue weighted by atomic mass is 10.0. The summed E-state index contributed by atoms with van der Waals surface area (Å²) in [5.74, 6) is 0.284. The predicted molar refractivity (Wildman–Crippen MR) is 103 cm³/mol. The molecular weight excluding hydrogens is 348 g/mol. The summed E-state index contributed by atoms with van der Waals surface area (Å²) < 4.78 is 5.49. The van der Waals surface area contributed by atoms with Gasteiger partial charge in [0, 0.05) is 41.5 Å². The maximum absolute atomic E-state index is 12.6. The standard InChI is InChI=1S/C21H21ClN2O2/c22-17-7-5-15(6-8-17)13-24-11-9-18(10-12-24)23-21(25)20-19-4-2-1-3-16(19)14-26-20/h1-8,14,18H,9-13H2,(H,23,25). The van der Waals surface area contributed by atoms with Gasteiger partial charge in [0.25, 0.3) is 5.91 Å². The first-order chi connectivity index (χ1) is 12.7. The third-order valence-electron chi connectivity index (χ3n) is 4.96. The van der Waals surface area contributed by atoms with Crippen LogP contribution < -0.4 is 5.32 Å². The summed E-state index contributed by atoms with van der Waals surface area (Å²) in [5, 5.41) is 5.71. The van der Waals surface area contributed by atoms with Crippen molar-refractivity contribution in [3.63, 3.8) is 0 Å². The van der Waals surface area contributed by atoms with Gasteiger partial charge in [-0.2, -0.15) is 0 Å². The SMILES string of the molecule is O=C(NC1CCN(Cc2ccc(Cl)cc2)CC1)c1occ2ccccc12. The van der Waals surface area contributed by atoms with Crippen molar-refractivity contribution in [2.45, 2.75) is 25.4 Å². The maximum Gasteiger partial charge on any atom is 0.287 e. The number of hydrogen-bond donors (Lipinski definition) is 1. The van der Waals surface area contributed by atoms with Gasteiger partial charge < -0.3 is 9.73 Å². The third kappa shape index (κ3) is 3.76. The van der Waals surface area contributed by atoms with Gasteiger partial charge in [-0.15, -0.1) is 0 Å². The van der Waals surface area contributed by atoms with Crippen LogP contribution in [-0.4, -0.2) is 29.9 Å². The molecule has 0 spiro atoms. The van der Waals surface area contributed by atoms with Crippen LogP contribution in [0.1, 0.15) is 29.0 Å². The minimum Gasteiger partial charge on any atom is -0.458 e. The fraction of sp³-hybridized carbons (Fsp3) is 0.286. The van der Waals surface area contributed by atoms with Crippen molar-refractivity contribution in [3.05, 3.63) is 71.1 Å². The number of hydrogen-bond acceptors (Lipinski definition) is 3. The number of piperidine rings is 1. The molecule has 1 N–H and O–H groups in total. The number of fused-ring (bicyclic) bond motifs is 1. The van der Waals surface area contributed by atoms with E-state index in [1.54, 1.807) is 6.26 Å². The van der Waals surface area contributed by atoms with Crippen molar-refractivity contribution in [1.29, 1.82) is 0 Å². The number of likely N-dealkylation sites (tertiary alicyclic amines) is 1. The van der Waals surface area contributed by atoms with Gasteiger partial charge >= 0.3 is 0 Å². The van der Waals surface area contributed by atoms with Crippen LogP contribution in [-0.2, 0) is 6.54 Å². The first-order valence-corrected chi connectivity index (χ1v) is 9.31. The van der Waals surface area contributed by atoms with Gasteiger partial charge in [-0.05, 0) is 30.5 Å². The number of benzene rings is 2. The monoisotopic (exact) mass is 368 g/mol. The number of rotatable bonds is 4. The highest BCUT2D eigenvalue weighted by Crippen LogP contribution is 2.21. The molecule has 4 rings (SSSR count). The van der Waals surface area contributed by atoms with E-state index in [1.165, 1.54) is 5.56 Å². The van der Waals surface area contributed by atoms with Gasteiger partial charge in [0.1, 0.15) is 0 Å². The molecule has 1 aliphatic rings. The second-order valence-electron chi connectivity index (χ2n) is 6.80. The Balaban J connectivity index is 1.32. The number of carbonyl (C=O) groups excluding carboxylic acids is 1. The Bertz CT molecular complexity index is 896. The summed E-state index contributed by atoms with van der Waals surface area (Å²) in [4.78, 5) is 15.0. The van der Waals surface area contributed by atoms with Crippen LogP contribution >= 0.6 is 11.6 Å². The highest BCUT2D eigenvalue weighted by Gasteiger charge is 2.23. The van der Waals surface area contributed by atoms with Gasteiger partial charge in [0.15, 0.2) is 5.76 Å². The zero-order valence-electron chi connectivity index (χ0n) is 14.5. The quantitative estimate of drug-likeness (QED) is 0.738. The van der Waals surface area contributed by atoms with E-state index in [9.17, 15) is 4.79 Å². The van der Waals surface area contributed by atoms with Crippen molar-refractivity contribution in [2.24, 2.45) is 0 Å². The van der Waals surface area contributed by atoms with Crippen LogP contribution in [0.4, 0.5) is 0 Å². The number of nitrogens with zero attached hydrogens (tertiary/aromatic N) is 1. The maximum atomic E-state index is 12.6. The van der Waals surface area contributed by atoms with Crippen LogP contribution in [0.5, 0.6) is 0 Å². The van der Waals surface area contributed by atoms with Crippen LogP contribution in [0.3, 0.4) is 0 Å². The molecule has 1 saturated heterocycles. The average molecular weight is 369 g/mol. The molecule has 5 heteroatoms. The number of halogens is 1.